The molecule has 0 bridgehead atoms. The maximum Gasteiger partial charge on any atom is 0.416 e. The molecule has 0 aliphatic heterocycles. The molecule has 1 heterocycles. The lowest BCUT2D eigenvalue weighted by atomic mass is 10.0. The predicted octanol–water partition coefficient (Wildman–Crippen LogP) is 6.40. The van der Waals surface area contributed by atoms with Gasteiger partial charge in [-0.25, -0.2) is 13.2 Å². The van der Waals surface area contributed by atoms with Gasteiger partial charge in [-0.1, -0.05) is 0 Å². The summed E-state index contributed by atoms with van der Waals surface area (Å²) in [6.07, 6.45) is -8.32. The van der Waals surface area contributed by atoms with E-state index in [1.807, 2.05) is 0 Å². The van der Waals surface area contributed by atoms with Crippen molar-refractivity contribution in [2.24, 2.45) is 0 Å². The second-order valence-corrected chi connectivity index (χ2v) is 7.09. The highest BCUT2D eigenvalue weighted by molar-refractivity contribution is 6.08. The molecule has 0 spiro atoms. The number of methoxy groups -OCH3 is 1. The first-order valence-corrected chi connectivity index (χ1v) is 9.45. The van der Waals surface area contributed by atoms with Crippen molar-refractivity contribution in [1.82, 2.24) is 4.98 Å². The zero-order valence-corrected chi connectivity index (χ0v) is 17.4. The lowest BCUT2D eigenvalue weighted by Gasteiger charge is -2.27. The molecule has 0 aliphatic rings. The van der Waals surface area contributed by atoms with E-state index in [0.29, 0.717) is 18.2 Å². The summed E-state index contributed by atoms with van der Waals surface area (Å²) in [4.78, 5) is 16.7. The first-order valence-electron chi connectivity index (χ1n) is 9.45. The minimum Gasteiger partial charge on any atom is -0.496 e. The summed E-state index contributed by atoms with van der Waals surface area (Å²) < 4.78 is 126. The molecule has 0 radical (unpaired) electrons. The van der Waals surface area contributed by atoms with Crippen LogP contribution in [-0.2, 0) is 6.18 Å². The largest absolute Gasteiger partial charge is 0.496 e. The fourth-order valence-electron chi connectivity index (χ4n) is 3.22. The number of nitrogens with zero attached hydrogens (tertiary/aromatic N) is 2. The Morgan fingerprint density at radius 3 is 2.20 bits per heavy atom. The van der Waals surface area contributed by atoms with E-state index in [9.17, 15) is 44.3 Å². The predicted molar refractivity (Wildman–Crippen MR) is 105 cm³/mol. The van der Waals surface area contributed by atoms with Crippen LogP contribution in [0.5, 0.6) is 5.75 Å². The van der Waals surface area contributed by atoms with Crippen molar-refractivity contribution in [2.75, 3.05) is 18.6 Å². The molecule has 13 heteroatoms. The van der Waals surface area contributed by atoms with Gasteiger partial charge in [-0.15, -0.1) is 0 Å². The highest BCUT2D eigenvalue weighted by Gasteiger charge is 2.37. The summed E-state index contributed by atoms with van der Waals surface area (Å²) in [5.41, 5.74) is -3.83. The van der Waals surface area contributed by atoms with E-state index in [1.54, 1.807) is 0 Å². The molecule has 1 aromatic heterocycles. The summed E-state index contributed by atoms with van der Waals surface area (Å²) >= 11 is 0. The SMILES string of the molecule is COc1cc(F)c(F)cc1-c1ccncc1N(CC(F)(F)F)C(=O)c1cc(F)cc(C(F)(F)F)c1. The number of ether oxygens (including phenoxy) is 1. The van der Waals surface area contributed by atoms with Gasteiger partial charge in [0.15, 0.2) is 11.6 Å². The van der Waals surface area contributed by atoms with Gasteiger partial charge in [0.25, 0.3) is 5.91 Å². The van der Waals surface area contributed by atoms with Gasteiger partial charge in [0.1, 0.15) is 18.1 Å². The number of hydrogen-bond donors (Lipinski definition) is 0. The van der Waals surface area contributed by atoms with Gasteiger partial charge in [-0.3, -0.25) is 14.7 Å². The van der Waals surface area contributed by atoms with Crippen LogP contribution in [0.4, 0.5) is 45.2 Å². The van der Waals surface area contributed by atoms with Crippen LogP contribution in [0.1, 0.15) is 15.9 Å². The smallest absolute Gasteiger partial charge is 0.416 e. The molecule has 4 nitrogen and oxygen atoms in total. The monoisotopic (exact) mass is 508 g/mol. The summed E-state index contributed by atoms with van der Waals surface area (Å²) in [6, 6.07) is 2.90. The minimum absolute atomic E-state index is 0.0119. The van der Waals surface area contributed by atoms with Crippen LogP contribution in [0.15, 0.2) is 48.8 Å². The fourth-order valence-corrected chi connectivity index (χ4v) is 3.22. The molecule has 1 amide bonds. The van der Waals surface area contributed by atoms with Gasteiger partial charge < -0.3 is 4.74 Å². The molecule has 186 valence electrons. The van der Waals surface area contributed by atoms with E-state index in [0.717, 1.165) is 25.6 Å². The highest BCUT2D eigenvalue weighted by Crippen LogP contribution is 2.39. The third kappa shape index (κ3) is 5.84. The molecule has 2 aromatic carbocycles. The maximum atomic E-state index is 14.0. The van der Waals surface area contributed by atoms with E-state index in [1.165, 1.54) is 0 Å². The second-order valence-electron chi connectivity index (χ2n) is 7.09. The van der Waals surface area contributed by atoms with Gasteiger partial charge in [0.2, 0.25) is 0 Å². The van der Waals surface area contributed by atoms with Crippen molar-refractivity contribution in [3.05, 3.63) is 77.4 Å². The fraction of sp³-hybridized carbons (Fsp3) is 0.182. The van der Waals surface area contributed by atoms with E-state index in [4.69, 9.17) is 4.74 Å². The summed E-state index contributed by atoms with van der Waals surface area (Å²) in [5, 5.41) is 0. The highest BCUT2D eigenvalue weighted by atomic mass is 19.4. The zero-order valence-electron chi connectivity index (χ0n) is 17.4. The van der Waals surface area contributed by atoms with Crippen LogP contribution >= 0.6 is 0 Å². The molecule has 3 rings (SSSR count). The Bertz CT molecular complexity index is 1260. The number of alkyl halides is 6. The van der Waals surface area contributed by atoms with Crippen molar-refractivity contribution in [2.45, 2.75) is 12.4 Å². The molecule has 0 saturated heterocycles. The van der Waals surface area contributed by atoms with Crippen LogP contribution in [0.25, 0.3) is 11.1 Å². The number of carbonyl (C=O) groups is 1. The summed E-state index contributed by atoms with van der Waals surface area (Å²) in [6.45, 7) is -2.02. The minimum atomic E-state index is -5.09. The van der Waals surface area contributed by atoms with E-state index in [2.05, 4.69) is 4.98 Å². The molecule has 0 unspecified atom stereocenters. The van der Waals surface area contributed by atoms with Gasteiger partial charge in [0.05, 0.1) is 24.6 Å². The topological polar surface area (TPSA) is 42.4 Å². The molecule has 0 aliphatic carbocycles. The second kappa shape index (κ2) is 9.47. The van der Waals surface area contributed by atoms with Crippen LogP contribution in [-0.4, -0.2) is 30.7 Å². The maximum absolute atomic E-state index is 14.0. The Morgan fingerprint density at radius 1 is 0.943 bits per heavy atom. The molecular weight excluding hydrogens is 495 g/mol. The average Bonchev–Trinajstić information content (AvgIpc) is 2.77. The van der Waals surface area contributed by atoms with Crippen molar-refractivity contribution in [3.8, 4) is 16.9 Å². The van der Waals surface area contributed by atoms with Gasteiger partial charge in [-0.05, 0) is 30.3 Å². The van der Waals surface area contributed by atoms with Crippen molar-refractivity contribution in [1.29, 1.82) is 0 Å². The van der Waals surface area contributed by atoms with E-state index >= 15 is 0 Å². The zero-order chi connectivity index (χ0) is 26.1. The Kier molecular flexibility index (Phi) is 6.99. The molecular formula is C22H13F9N2O2. The third-order valence-corrected chi connectivity index (χ3v) is 4.68. The number of pyridine rings is 1. The lowest BCUT2D eigenvalue weighted by Crippen LogP contribution is -2.39. The van der Waals surface area contributed by atoms with Gasteiger partial charge in [0, 0.05) is 29.0 Å². The molecule has 0 saturated carbocycles. The van der Waals surface area contributed by atoms with Crippen LogP contribution in [0, 0.1) is 17.5 Å². The molecule has 0 atom stereocenters. The number of amides is 1. The van der Waals surface area contributed by atoms with E-state index in [-0.39, 0.29) is 33.9 Å². The standard InChI is InChI=1S/C22H13F9N2O2/c1-35-19-8-17(25)16(24)7-15(19)14-2-3-32-9-18(14)33(10-21(26,27)28)20(34)11-4-12(22(29,30)31)6-13(23)5-11/h2-9H,10H2,1H3. The number of rotatable bonds is 5. The number of anilines is 1. The number of hydrogen-bond acceptors (Lipinski definition) is 3. The van der Waals surface area contributed by atoms with Crippen LogP contribution in [0.3, 0.4) is 0 Å². The quantitative estimate of drug-likeness (QED) is 0.375. The summed E-state index contributed by atoms with van der Waals surface area (Å²) in [7, 11) is 1.07. The Hall–Kier alpha value is -3.77. The van der Waals surface area contributed by atoms with Crippen LogP contribution in [0.2, 0.25) is 0 Å². The Balaban J connectivity index is 2.23. The molecule has 0 fully saturated rings. The van der Waals surface area contributed by atoms with Crippen molar-refractivity contribution >= 4 is 11.6 Å². The number of aromatic nitrogens is 1. The molecule has 35 heavy (non-hydrogen) atoms. The van der Waals surface area contributed by atoms with Crippen molar-refractivity contribution in [3.63, 3.8) is 0 Å². The number of benzene rings is 2. The first-order chi connectivity index (χ1) is 16.2. The number of halogens is 9. The lowest BCUT2D eigenvalue weighted by molar-refractivity contribution is -0.137. The Morgan fingerprint density at radius 2 is 1.60 bits per heavy atom. The average molecular weight is 508 g/mol. The van der Waals surface area contributed by atoms with E-state index < -0.39 is 59.1 Å². The normalized spacial score (nSPS) is 11.9. The van der Waals surface area contributed by atoms with Crippen molar-refractivity contribution < 1.29 is 49.0 Å². The molecule has 3 aromatic rings. The third-order valence-electron chi connectivity index (χ3n) is 4.68. The Labute approximate surface area is 191 Å². The van der Waals surface area contributed by atoms with Crippen LogP contribution < -0.4 is 9.64 Å². The van der Waals surface area contributed by atoms with Gasteiger partial charge >= 0.3 is 12.4 Å². The first kappa shape index (κ1) is 25.8. The van der Waals surface area contributed by atoms with Gasteiger partial charge in [-0.2, -0.15) is 26.3 Å². The summed E-state index contributed by atoms with van der Waals surface area (Å²) in [5.74, 6) is -6.20. The number of carbonyl (C=O) groups excluding carboxylic acids is 1. The molecule has 0 N–H and O–H groups in total.